The van der Waals surface area contributed by atoms with E-state index in [0.29, 0.717) is 5.56 Å². The van der Waals surface area contributed by atoms with E-state index in [4.69, 9.17) is 0 Å². The Morgan fingerprint density at radius 2 is 1.86 bits per heavy atom. The second-order valence-corrected chi connectivity index (χ2v) is 9.08. The van der Waals surface area contributed by atoms with Crippen molar-refractivity contribution in [3.8, 4) is 0 Å². The lowest BCUT2D eigenvalue weighted by Gasteiger charge is -2.29. The number of nitrogens with zero attached hydrogens (tertiary/aromatic N) is 2. The van der Waals surface area contributed by atoms with Crippen LogP contribution >= 0.6 is 12.4 Å². The smallest absolute Gasteiger partial charge is 0.323 e. The third-order valence-corrected chi connectivity index (χ3v) is 6.95. The average Bonchev–Trinajstić information content (AvgIpc) is 3.09. The van der Waals surface area contributed by atoms with Crippen molar-refractivity contribution < 1.29 is 19.1 Å². The molecule has 4 aromatic rings. The van der Waals surface area contributed by atoms with E-state index in [2.05, 4.69) is 10.3 Å². The summed E-state index contributed by atoms with van der Waals surface area (Å²) in [5.74, 6) is -1.19. The van der Waals surface area contributed by atoms with Crippen LogP contribution in [0.3, 0.4) is 0 Å². The minimum atomic E-state index is -0.925. The SMILES string of the molecule is Cc1c(C2CCC(NC(=O)c3cnc4ccccc4c3)CC2)c2cc(F)ccc2n1CC(=O)O.Cl. The van der Waals surface area contributed by atoms with Crippen LogP contribution in [-0.4, -0.2) is 32.6 Å². The van der Waals surface area contributed by atoms with Crippen molar-refractivity contribution in [2.45, 2.75) is 51.1 Å². The van der Waals surface area contributed by atoms with Gasteiger partial charge in [-0.3, -0.25) is 14.6 Å². The number of aliphatic carboxylic acids is 1. The molecule has 0 radical (unpaired) electrons. The molecule has 0 unspecified atom stereocenters. The van der Waals surface area contributed by atoms with Gasteiger partial charge in [0.25, 0.3) is 5.91 Å². The predicted molar refractivity (Wildman–Crippen MR) is 136 cm³/mol. The first-order valence-corrected chi connectivity index (χ1v) is 11.6. The van der Waals surface area contributed by atoms with E-state index < -0.39 is 5.97 Å². The summed E-state index contributed by atoms with van der Waals surface area (Å²) in [5.41, 5.74) is 4.05. The fourth-order valence-corrected chi connectivity index (χ4v) is 5.33. The van der Waals surface area contributed by atoms with Crippen LogP contribution in [0.1, 0.15) is 53.2 Å². The lowest BCUT2D eigenvalue weighted by molar-refractivity contribution is -0.137. The van der Waals surface area contributed by atoms with Gasteiger partial charge >= 0.3 is 5.97 Å². The number of carboxylic acids is 1. The quantitative estimate of drug-likeness (QED) is 0.377. The fourth-order valence-electron chi connectivity index (χ4n) is 5.33. The maximum absolute atomic E-state index is 14.1. The monoisotopic (exact) mass is 495 g/mol. The van der Waals surface area contributed by atoms with Gasteiger partial charge in [0.15, 0.2) is 0 Å². The molecule has 0 saturated heterocycles. The van der Waals surface area contributed by atoms with E-state index >= 15 is 0 Å². The maximum Gasteiger partial charge on any atom is 0.323 e. The van der Waals surface area contributed by atoms with Gasteiger partial charge in [0.1, 0.15) is 12.4 Å². The number of carbonyl (C=O) groups excluding carboxylic acids is 1. The number of fused-ring (bicyclic) bond motifs is 2. The van der Waals surface area contributed by atoms with E-state index in [-0.39, 0.29) is 42.6 Å². The Balaban J connectivity index is 0.00000289. The molecule has 2 N–H and O–H groups in total. The molecule has 8 heteroatoms. The summed E-state index contributed by atoms with van der Waals surface area (Å²) < 4.78 is 15.8. The zero-order chi connectivity index (χ0) is 23.8. The molecule has 0 spiro atoms. The van der Waals surface area contributed by atoms with Crippen LogP contribution in [0.25, 0.3) is 21.8 Å². The molecule has 1 fully saturated rings. The molecule has 35 heavy (non-hydrogen) atoms. The van der Waals surface area contributed by atoms with Gasteiger partial charge in [-0.2, -0.15) is 0 Å². The van der Waals surface area contributed by atoms with Gasteiger partial charge in [0.2, 0.25) is 0 Å². The molecule has 0 aliphatic heterocycles. The van der Waals surface area contributed by atoms with Gasteiger partial charge < -0.3 is 15.0 Å². The Kier molecular flexibility index (Phi) is 7.08. The Hall–Kier alpha value is -3.45. The topological polar surface area (TPSA) is 84.2 Å². The molecule has 182 valence electrons. The van der Waals surface area contributed by atoms with Crippen LogP contribution in [0.2, 0.25) is 0 Å². The van der Waals surface area contributed by atoms with Gasteiger partial charge in [-0.15, -0.1) is 12.4 Å². The summed E-state index contributed by atoms with van der Waals surface area (Å²) in [6.45, 7) is 1.76. The molecule has 1 aliphatic carbocycles. The molecule has 1 amide bonds. The third kappa shape index (κ3) is 4.86. The molecule has 2 heterocycles. The van der Waals surface area contributed by atoms with Gasteiger partial charge in [0.05, 0.1) is 11.1 Å². The minimum Gasteiger partial charge on any atom is -0.480 e. The number of hydrogen-bond donors (Lipinski definition) is 2. The van der Waals surface area contributed by atoms with Crippen molar-refractivity contribution >= 4 is 46.1 Å². The van der Waals surface area contributed by atoms with Crippen molar-refractivity contribution in [3.63, 3.8) is 0 Å². The first kappa shape index (κ1) is 24.7. The van der Waals surface area contributed by atoms with E-state index in [0.717, 1.165) is 58.7 Å². The second-order valence-electron chi connectivity index (χ2n) is 9.08. The molecule has 1 aliphatic rings. The lowest BCUT2D eigenvalue weighted by Crippen LogP contribution is -2.37. The van der Waals surface area contributed by atoms with E-state index in [1.807, 2.05) is 37.3 Å². The summed E-state index contributed by atoms with van der Waals surface area (Å²) in [6, 6.07) is 14.2. The van der Waals surface area contributed by atoms with Crippen molar-refractivity contribution in [3.05, 3.63) is 77.4 Å². The van der Waals surface area contributed by atoms with Crippen LogP contribution in [0.5, 0.6) is 0 Å². The average molecular weight is 496 g/mol. The number of para-hydroxylation sites is 1. The maximum atomic E-state index is 14.1. The van der Waals surface area contributed by atoms with Crippen LogP contribution in [-0.2, 0) is 11.3 Å². The number of carbonyl (C=O) groups is 2. The lowest BCUT2D eigenvalue weighted by atomic mass is 9.80. The highest BCUT2D eigenvalue weighted by Gasteiger charge is 2.28. The number of nitrogens with one attached hydrogen (secondary N) is 1. The van der Waals surface area contributed by atoms with Gasteiger partial charge in [-0.25, -0.2) is 4.39 Å². The highest BCUT2D eigenvalue weighted by atomic mass is 35.5. The van der Waals surface area contributed by atoms with Crippen LogP contribution in [0, 0.1) is 12.7 Å². The zero-order valence-corrected chi connectivity index (χ0v) is 20.1. The Labute approximate surface area is 208 Å². The van der Waals surface area contributed by atoms with Crippen molar-refractivity contribution in [2.24, 2.45) is 0 Å². The molecular weight excluding hydrogens is 469 g/mol. The van der Waals surface area contributed by atoms with Gasteiger partial charge in [-0.1, -0.05) is 18.2 Å². The number of pyridine rings is 1. The highest BCUT2D eigenvalue weighted by Crippen LogP contribution is 2.40. The molecule has 2 aromatic carbocycles. The Morgan fingerprint density at radius 3 is 2.60 bits per heavy atom. The number of aromatic nitrogens is 2. The third-order valence-electron chi connectivity index (χ3n) is 6.95. The predicted octanol–water partition coefficient (Wildman–Crippen LogP) is 5.60. The fraction of sp³-hybridized carbons (Fsp3) is 0.296. The van der Waals surface area contributed by atoms with Gasteiger partial charge in [-0.05, 0) is 74.4 Å². The van der Waals surface area contributed by atoms with Crippen LogP contribution in [0.15, 0.2) is 54.7 Å². The first-order chi connectivity index (χ1) is 16.4. The number of carboxylic acid groups (broad SMARTS) is 1. The molecule has 5 rings (SSSR count). The van der Waals surface area contributed by atoms with Crippen molar-refractivity contribution in [1.82, 2.24) is 14.9 Å². The molecule has 0 bridgehead atoms. The number of halogens is 2. The standard InChI is InChI=1S/C27H26FN3O3.ClH/c1-16-26(22-13-20(28)8-11-24(22)31(16)15-25(32)33)17-6-9-21(10-7-17)30-27(34)19-12-18-4-2-3-5-23(18)29-14-19;/h2-5,8,11-14,17,21H,6-7,9-10,15H2,1H3,(H,30,34)(H,32,33);1H. The first-order valence-electron chi connectivity index (χ1n) is 11.6. The Morgan fingerprint density at radius 1 is 1.11 bits per heavy atom. The van der Waals surface area contributed by atoms with Gasteiger partial charge in [0, 0.05) is 34.2 Å². The number of hydrogen-bond acceptors (Lipinski definition) is 3. The summed E-state index contributed by atoms with van der Waals surface area (Å²) in [4.78, 5) is 28.6. The number of benzene rings is 2. The summed E-state index contributed by atoms with van der Waals surface area (Å²) in [5, 5.41) is 14.2. The van der Waals surface area contributed by atoms with E-state index in [9.17, 15) is 19.1 Å². The van der Waals surface area contributed by atoms with Crippen molar-refractivity contribution in [1.29, 1.82) is 0 Å². The summed E-state index contributed by atoms with van der Waals surface area (Å²) in [6.07, 6.45) is 4.89. The van der Waals surface area contributed by atoms with E-state index in [1.54, 1.807) is 16.8 Å². The minimum absolute atomic E-state index is 0. The molecule has 1 saturated carbocycles. The highest BCUT2D eigenvalue weighted by molar-refractivity contribution is 5.97. The number of rotatable bonds is 5. The van der Waals surface area contributed by atoms with E-state index in [1.165, 1.54) is 12.1 Å². The number of amides is 1. The Bertz CT molecular complexity index is 1410. The van der Waals surface area contributed by atoms with Crippen molar-refractivity contribution in [2.75, 3.05) is 0 Å². The van der Waals surface area contributed by atoms with Crippen LogP contribution < -0.4 is 5.32 Å². The normalized spacial score (nSPS) is 17.8. The zero-order valence-electron chi connectivity index (χ0n) is 19.3. The second kappa shape index (κ2) is 10.0. The summed E-state index contributed by atoms with van der Waals surface area (Å²) in [7, 11) is 0. The molecule has 0 atom stereocenters. The molecule has 6 nitrogen and oxygen atoms in total. The molecular formula is C27H27ClFN3O3. The summed E-state index contributed by atoms with van der Waals surface area (Å²) >= 11 is 0. The van der Waals surface area contributed by atoms with Crippen LogP contribution in [0.4, 0.5) is 4.39 Å². The largest absolute Gasteiger partial charge is 0.480 e. The molecule has 2 aromatic heterocycles.